The Morgan fingerprint density at radius 3 is 2.83 bits per heavy atom. The highest BCUT2D eigenvalue weighted by Gasteiger charge is 2.26. The number of carboxylic acids is 1. The lowest BCUT2D eigenvalue weighted by molar-refractivity contribution is 0.0696. The average molecular weight is 307 g/mol. The Labute approximate surface area is 112 Å². The molecule has 0 radical (unpaired) electrons. The zero-order chi connectivity index (χ0) is 12.7. The van der Waals surface area contributed by atoms with Crippen molar-refractivity contribution < 1.29 is 9.90 Å². The monoisotopic (exact) mass is 306 g/mol. The van der Waals surface area contributed by atoms with E-state index in [1.165, 1.54) is 12.8 Å². The Morgan fingerprint density at radius 2 is 2.17 bits per heavy atom. The Balaban J connectivity index is 2.06. The topological polar surface area (TPSA) is 55.1 Å². The molecule has 1 fully saturated rings. The van der Waals surface area contributed by atoms with Crippen LogP contribution >= 0.6 is 15.9 Å². The molecule has 92 valence electrons. The highest BCUT2D eigenvalue weighted by atomic mass is 79.9. The van der Waals surface area contributed by atoms with Crippen LogP contribution in [0.4, 0.5) is 0 Å². The largest absolute Gasteiger partial charge is 0.478 e. The van der Waals surface area contributed by atoms with Gasteiger partial charge in [0.05, 0.1) is 16.9 Å². The molecule has 3 rings (SSSR count). The summed E-state index contributed by atoms with van der Waals surface area (Å²) in [5.74, 6) is -0.384. The van der Waals surface area contributed by atoms with Gasteiger partial charge in [-0.3, -0.25) is 0 Å². The van der Waals surface area contributed by atoms with Gasteiger partial charge >= 0.3 is 5.97 Å². The van der Waals surface area contributed by atoms with E-state index in [2.05, 4.69) is 21.0 Å². The number of halogens is 1. The lowest BCUT2D eigenvalue weighted by Gasteiger charge is -2.06. The van der Waals surface area contributed by atoms with Gasteiger partial charge < -0.3 is 5.11 Å². The van der Waals surface area contributed by atoms with E-state index in [1.807, 2.05) is 18.3 Å². The van der Waals surface area contributed by atoms with Crippen LogP contribution in [0.1, 0.15) is 34.8 Å². The van der Waals surface area contributed by atoms with Crippen LogP contribution in [-0.2, 0) is 0 Å². The first kappa shape index (κ1) is 11.5. The van der Waals surface area contributed by atoms with Crippen LogP contribution in [0.15, 0.2) is 34.9 Å². The van der Waals surface area contributed by atoms with Crippen molar-refractivity contribution in [3.05, 3.63) is 46.2 Å². The van der Waals surface area contributed by atoms with Gasteiger partial charge in [0.1, 0.15) is 0 Å². The lowest BCUT2D eigenvalue weighted by atomic mass is 10.2. The van der Waals surface area contributed by atoms with Gasteiger partial charge in [0, 0.05) is 16.6 Å². The first-order valence-electron chi connectivity index (χ1n) is 5.74. The predicted octanol–water partition coefficient (Wildman–Crippen LogP) is 3.21. The fourth-order valence-corrected chi connectivity index (χ4v) is 2.31. The summed E-state index contributed by atoms with van der Waals surface area (Å²) in [6, 6.07) is 7.14. The minimum absolute atomic E-state index is 0.245. The smallest absolute Gasteiger partial charge is 0.337 e. The molecule has 0 bridgehead atoms. The normalized spacial score (nSPS) is 14.7. The van der Waals surface area contributed by atoms with Crippen LogP contribution in [0, 0.1) is 0 Å². The Kier molecular flexibility index (Phi) is 2.70. The molecule has 1 aliphatic carbocycles. The van der Waals surface area contributed by atoms with Crippen molar-refractivity contribution in [2.75, 3.05) is 0 Å². The van der Waals surface area contributed by atoms with Gasteiger partial charge in [0.15, 0.2) is 0 Å². The van der Waals surface area contributed by atoms with Gasteiger partial charge in [-0.1, -0.05) is 15.9 Å². The van der Waals surface area contributed by atoms with Crippen molar-refractivity contribution in [3.8, 4) is 5.69 Å². The van der Waals surface area contributed by atoms with E-state index >= 15 is 0 Å². The van der Waals surface area contributed by atoms with Crippen LogP contribution in [0.3, 0.4) is 0 Å². The van der Waals surface area contributed by atoms with Gasteiger partial charge in [-0.2, -0.15) is 5.10 Å². The third kappa shape index (κ3) is 2.06. The molecule has 4 nitrogen and oxygen atoms in total. The molecule has 0 saturated heterocycles. The van der Waals surface area contributed by atoms with Gasteiger partial charge in [-0.25, -0.2) is 9.48 Å². The van der Waals surface area contributed by atoms with Gasteiger partial charge in [0.2, 0.25) is 0 Å². The Hall–Kier alpha value is -1.62. The first-order chi connectivity index (χ1) is 8.65. The number of carboxylic acid groups (broad SMARTS) is 1. The van der Waals surface area contributed by atoms with Crippen LogP contribution in [0.2, 0.25) is 0 Å². The molecule has 18 heavy (non-hydrogen) atoms. The maximum atomic E-state index is 11.2. The number of hydrogen-bond acceptors (Lipinski definition) is 2. The van der Waals surface area contributed by atoms with Crippen LogP contribution in [0.5, 0.6) is 0 Å². The molecule has 1 aliphatic rings. The minimum atomic E-state index is -0.949. The zero-order valence-corrected chi connectivity index (χ0v) is 11.1. The molecular formula is C13H11BrN2O2. The molecule has 0 atom stereocenters. The summed E-state index contributed by atoms with van der Waals surface area (Å²) in [5, 5.41) is 13.7. The maximum absolute atomic E-state index is 11.2. The van der Waals surface area contributed by atoms with Crippen molar-refractivity contribution in [3.63, 3.8) is 0 Å². The molecule has 2 aromatic rings. The number of nitrogens with zero attached hydrogens (tertiary/aromatic N) is 2. The Bertz CT molecular complexity index is 617. The highest BCUT2D eigenvalue weighted by Crippen LogP contribution is 2.39. The summed E-state index contributed by atoms with van der Waals surface area (Å²) in [7, 11) is 0. The van der Waals surface area contributed by atoms with E-state index in [0.29, 0.717) is 11.6 Å². The second-order valence-electron chi connectivity index (χ2n) is 4.43. The quantitative estimate of drug-likeness (QED) is 0.947. The highest BCUT2D eigenvalue weighted by molar-refractivity contribution is 9.10. The van der Waals surface area contributed by atoms with Gasteiger partial charge in [-0.05, 0) is 37.1 Å². The molecule has 0 aliphatic heterocycles. The van der Waals surface area contributed by atoms with Gasteiger partial charge in [0.25, 0.3) is 0 Å². The van der Waals surface area contributed by atoms with Crippen molar-refractivity contribution >= 4 is 21.9 Å². The second kappa shape index (κ2) is 4.24. The third-order valence-corrected chi connectivity index (χ3v) is 3.53. The van der Waals surface area contributed by atoms with Crippen molar-refractivity contribution in [1.29, 1.82) is 0 Å². The second-order valence-corrected chi connectivity index (χ2v) is 5.34. The van der Waals surface area contributed by atoms with Crippen LogP contribution < -0.4 is 0 Å². The van der Waals surface area contributed by atoms with E-state index in [0.717, 1.165) is 10.2 Å². The molecule has 1 N–H and O–H groups in total. The molecule has 1 aromatic heterocycles. The van der Waals surface area contributed by atoms with Crippen molar-refractivity contribution in [2.24, 2.45) is 0 Å². The molecule has 1 saturated carbocycles. The van der Waals surface area contributed by atoms with Crippen LogP contribution in [-0.4, -0.2) is 20.9 Å². The summed E-state index contributed by atoms with van der Waals surface area (Å²) in [6.07, 6.45) is 4.19. The van der Waals surface area contributed by atoms with E-state index in [-0.39, 0.29) is 5.56 Å². The minimum Gasteiger partial charge on any atom is -0.478 e. The number of carbonyl (C=O) groups is 1. The van der Waals surface area contributed by atoms with Crippen molar-refractivity contribution in [2.45, 2.75) is 18.8 Å². The van der Waals surface area contributed by atoms with Gasteiger partial charge in [-0.15, -0.1) is 0 Å². The van der Waals surface area contributed by atoms with Crippen molar-refractivity contribution in [1.82, 2.24) is 9.78 Å². The summed E-state index contributed by atoms with van der Waals surface area (Å²) in [6.45, 7) is 0. The molecule has 1 heterocycles. The standard InChI is InChI=1S/C13H11BrN2O2/c14-9-3-4-12(10(7-9)13(17)18)16-6-5-11(15-16)8-1-2-8/h3-8H,1-2H2,(H,17,18). The van der Waals surface area contributed by atoms with E-state index in [4.69, 9.17) is 0 Å². The summed E-state index contributed by atoms with van der Waals surface area (Å²) in [5.41, 5.74) is 1.89. The lowest BCUT2D eigenvalue weighted by Crippen LogP contribution is -2.06. The maximum Gasteiger partial charge on any atom is 0.337 e. The number of rotatable bonds is 3. The Morgan fingerprint density at radius 1 is 1.39 bits per heavy atom. The average Bonchev–Trinajstić information content (AvgIpc) is 3.08. The van der Waals surface area contributed by atoms with Crippen LogP contribution in [0.25, 0.3) is 5.69 Å². The summed E-state index contributed by atoms with van der Waals surface area (Å²) < 4.78 is 2.39. The molecule has 1 aromatic carbocycles. The fraction of sp³-hybridized carbons (Fsp3) is 0.231. The number of aromatic nitrogens is 2. The first-order valence-corrected chi connectivity index (χ1v) is 6.53. The fourth-order valence-electron chi connectivity index (χ4n) is 1.95. The predicted molar refractivity (Wildman–Crippen MR) is 70.2 cm³/mol. The van der Waals surface area contributed by atoms with E-state index < -0.39 is 5.97 Å². The molecule has 0 amide bonds. The third-order valence-electron chi connectivity index (χ3n) is 3.04. The van der Waals surface area contributed by atoms with E-state index in [9.17, 15) is 9.90 Å². The molecular weight excluding hydrogens is 296 g/mol. The molecule has 0 unspecified atom stereocenters. The summed E-state index contributed by atoms with van der Waals surface area (Å²) >= 11 is 3.28. The number of aromatic carboxylic acids is 1. The molecule has 5 heteroatoms. The number of hydrogen-bond donors (Lipinski definition) is 1. The SMILES string of the molecule is O=C(O)c1cc(Br)ccc1-n1ccc(C2CC2)n1. The summed E-state index contributed by atoms with van der Waals surface area (Å²) in [4.78, 5) is 11.2. The number of benzene rings is 1. The van der Waals surface area contributed by atoms with E-state index in [1.54, 1.807) is 16.8 Å². The molecule has 0 spiro atoms. The zero-order valence-electron chi connectivity index (χ0n) is 9.51.